The van der Waals surface area contributed by atoms with Crippen LogP contribution in [0, 0.1) is 0 Å². The topological polar surface area (TPSA) is 69.4 Å². The maximum Gasteiger partial charge on any atom is 0.454 e. The van der Waals surface area contributed by atoms with Gasteiger partial charge in [-0.3, -0.25) is 4.79 Å². The van der Waals surface area contributed by atoms with Crippen molar-refractivity contribution in [2.24, 2.45) is 0 Å². The average molecular weight is 247 g/mol. The SMILES string of the molecule is COC(=O)c1cc(C(=O)C(F)(F)F)ccc1N. The minimum atomic E-state index is -5.00. The summed E-state index contributed by atoms with van der Waals surface area (Å²) >= 11 is 0. The number of halogens is 3. The van der Waals surface area contributed by atoms with Gasteiger partial charge in [0.2, 0.25) is 0 Å². The van der Waals surface area contributed by atoms with Crippen molar-refractivity contribution in [2.45, 2.75) is 6.18 Å². The maximum absolute atomic E-state index is 12.2. The smallest absolute Gasteiger partial charge is 0.454 e. The van der Waals surface area contributed by atoms with Crippen molar-refractivity contribution in [1.29, 1.82) is 0 Å². The molecule has 0 atom stereocenters. The van der Waals surface area contributed by atoms with Crippen LogP contribution in [0.3, 0.4) is 0 Å². The van der Waals surface area contributed by atoms with Gasteiger partial charge in [0.05, 0.1) is 12.7 Å². The van der Waals surface area contributed by atoms with Crippen LogP contribution in [0.4, 0.5) is 18.9 Å². The minimum absolute atomic E-state index is 0.0597. The molecule has 92 valence electrons. The molecule has 4 nitrogen and oxygen atoms in total. The fraction of sp³-hybridized carbons (Fsp3) is 0.200. The Hall–Kier alpha value is -2.05. The molecule has 0 fully saturated rings. The van der Waals surface area contributed by atoms with Gasteiger partial charge >= 0.3 is 12.1 Å². The number of hydrogen-bond acceptors (Lipinski definition) is 4. The molecule has 0 amide bonds. The first-order valence-corrected chi connectivity index (χ1v) is 4.36. The highest BCUT2D eigenvalue weighted by atomic mass is 19.4. The number of Topliss-reactive ketones (excluding diaryl/α,β-unsaturated/α-hetero) is 1. The molecule has 0 aliphatic rings. The number of hydrogen-bond donors (Lipinski definition) is 1. The molecular formula is C10H8F3NO3. The predicted molar refractivity (Wildman–Crippen MR) is 52.6 cm³/mol. The first-order valence-electron chi connectivity index (χ1n) is 4.36. The van der Waals surface area contributed by atoms with Crippen LogP contribution in [0.1, 0.15) is 20.7 Å². The van der Waals surface area contributed by atoms with Crippen molar-refractivity contribution in [3.63, 3.8) is 0 Å². The molecule has 1 aromatic rings. The lowest BCUT2D eigenvalue weighted by Gasteiger charge is -2.08. The number of carbonyl (C=O) groups is 2. The third-order valence-corrected chi connectivity index (χ3v) is 1.98. The van der Waals surface area contributed by atoms with Crippen molar-refractivity contribution in [2.75, 3.05) is 12.8 Å². The van der Waals surface area contributed by atoms with Crippen LogP contribution in [0.5, 0.6) is 0 Å². The van der Waals surface area contributed by atoms with E-state index in [1.807, 2.05) is 0 Å². The van der Waals surface area contributed by atoms with Crippen LogP contribution in [-0.2, 0) is 4.74 Å². The van der Waals surface area contributed by atoms with Gasteiger partial charge in [-0.15, -0.1) is 0 Å². The van der Waals surface area contributed by atoms with Crippen molar-refractivity contribution >= 4 is 17.4 Å². The monoisotopic (exact) mass is 247 g/mol. The lowest BCUT2D eigenvalue weighted by molar-refractivity contribution is -0.0885. The average Bonchev–Trinajstić information content (AvgIpc) is 2.26. The molecule has 0 radical (unpaired) electrons. The van der Waals surface area contributed by atoms with Crippen LogP contribution >= 0.6 is 0 Å². The molecule has 1 aromatic carbocycles. The third kappa shape index (κ3) is 2.74. The number of nitrogen functional groups attached to an aromatic ring is 1. The molecule has 0 aromatic heterocycles. The first kappa shape index (κ1) is 13.0. The summed E-state index contributed by atoms with van der Waals surface area (Å²) in [4.78, 5) is 22.1. The van der Waals surface area contributed by atoms with Gasteiger partial charge in [-0.1, -0.05) is 0 Å². The van der Waals surface area contributed by atoms with Crippen LogP contribution in [0.25, 0.3) is 0 Å². The zero-order chi connectivity index (χ0) is 13.2. The largest absolute Gasteiger partial charge is 0.465 e. The van der Waals surface area contributed by atoms with Crippen LogP contribution in [-0.4, -0.2) is 25.0 Å². The number of alkyl halides is 3. The fourth-order valence-corrected chi connectivity index (χ4v) is 1.15. The van der Waals surface area contributed by atoms with Crippen LogP contribution in [0.15, 0.2) is 18.2 Å². The molecule has 1 rings (SSSR count). The van der Waals surface area contributed by atoms with E-state index in [1.165, 1.54) is 0 Å². The van der Waals surface area contributed by atoms with Crippen molar-refractivity contribution in [3.8, 4) is 0 Å². The van der Waals surface area contributed by atoms with Crippen molar-refractivity contribution < 1.29 is 27.5 Å². The van der Waals surface area contributed by atoms with E-state index in [-0.39, 0.29) is 11.3 Å². The van der Waals surface area contributed by atoms with E-state index in [2.05, 4.69) is 4.74 Å². The Labute approximate surface area is 94.2 Å². The van der Waals surface area contributed by atoms with E-state index in [1.54, 1.807) is 0 Å². The number of esters is 1. The molecule has 0 unspecified atom stereocenters. The molecule has 0 aliphatic heterocycles. The zero-order valence-electron chi connectivity index (χ0n) is 8.67. The number of ketones is 1. The van der Waals surface area contributed by atoms with Crippen LogP contribution in [0.2, 0.25) is 0 Å². The summed E-state index contributed by atoms with van der Waals surface area (Å²) in [5, 5.41) is 0. The summed E-state index contributed by atoms with van der Waals surface area (Å²) in [7, 11) is 1.06. The summed E-state index contributed by atoms with van der Waals surface area (Å²) in [6, 6.07) is 2.71. The number of anilines is 1. The lowest BCUT2D eigenvalue weighted by Crippen LogP contribution is -2.23. The van der Waals surface area contributed by atoms with Gasteiger partial charge in [-0.2, -0.15) is 13.2 Å². The molecular weight excluding hydrogens is 239 g/mol. The predicted octanol–water partition coefficient (Wildman–Crippen LogP) is 1.80. The highest BCUT2D eigenvalue weighted by molar-refractivity contribution is 6.04. The summed E-state index contributed by atoms with van der Waals surface area (Å²) in [5.74, 6) is -2.94. The van der Waals surface area contributed by atoms with Crippen molar-refractivity contribution in [3.05, 3.63) is 29.3 Å². The third-order valence-electron chi connectivity index (χ3n) is 1.98. The van der Waals surface area contributed by atoms with E-state index in [9.17, 15) is 22.8 Å². The van der Waals surface area contributed by atoms with E-state index >= 15 is 0 Å². The van der Waals surface area contributed by atoms with Gasteiger partial charge in [-0.05, 0) is 18.2 Å². The first-order chi connectivity index (χ1) is 7.77. The molecule has 0 heterocycles. The molecule has 0 bridgehead atoms. The Kier molecular flexibility index (Phi) is 3.40. The Bertz CT molecular complexity index is 468. The molecule has 0 aliphatic carbocycles. The van der Waals surface area contributed by atoms with E-state index in [4.69, 9.17) is 5.73 Å². The maximum atomic E-state index is 12.2. The van der Waals surface area contributed by atoms with Gasteiger partial charge in [0.25, 0.3) is 5.78 Å². The van der Waals surface area contributed by atoms with E-state index in [0.717, 1.165) is 25.3 Å². The number of benzene rings is 1. The number of carbonyl (C=O) groups excluding carboxylic acids is 2. The molecule has 2 N–H and O–H groups in total. The molecule has 7 heteroatoms. The number of rotatable bonds is 2. The fourth-order valence-electron chi connectivity index (χ4n) is 1.15. The summed E-state index contributed by atoms with van der Waals surface area (Å²) in [5.41, 5.74) is 4.39. The highest BCUT2D eigenvalue weighted by Crippen LogP contribution is 2.24. The van der Waals surface area contributed by atoms with Gasteiger partial charge in [0.15, 0.2) is 0 Å². The summed E-state index contributed by atoms with van der Waals surface area (Å²) in [6.45, 7) is 0. The Morgan fingerprint density at radius 1 is 1.29 bits per heavy atom. The van der Waals surface area contributed by atoms with Gasteiger partial charge < -0.3 is 10.5 Å². The number of methoxy groups -OCH3 is 1. The Balaban J connectivity index is 3.22. The van der Waals surface area contributed by atoms with Gasteiger partial charge in [0.1, 0.15) is 0 Å². The van der Waals surface area contributed by atoms with E-state index < -0.39 is 23.5 Å². The standard InChI is InChI=1S/C10H8F3NO3/c1-17-9(16)6-4-5(2-3-7(6)14)8(15)10(11,12)13/h2-4H,14H2,1H3. The molecule has 0 spiro atoms. The van der Waals surface area contributed by atoms with Gasteiger partial charge in [0, 0.05) is 11.3 Å². The quantitative estimate of drug-likeness (QED) is 0.491. The summed E-state index contributed by atoms with van der Waals surface area (Å²) < 4.78 is 40.8. The van der Waals surface area contributed by atoms with Crippen LogP contribution < -0.4 is 5.73 Å². The highest BCUT2D eigenvalue weighted by Gasteiger charge is 2.39. The summed E-state index contributed by atoms with van der Waals surface area (Å²) in [6.07, 6.45) is -5.00. The molecule has 0 saturated heterocycles. The normalized spacial score (nSPS) is 11.1. The Morgan fingerprint density at radius 3 is 2.35 bits per heavy atom. The molecule has 17 heavy (non-hydrogen) atoms. The van der Waals surface area contributed by atoms with Gasteiger partial charge in [-0.25, -0.2) is 4.79 Å². The second kappa shape index (κ2) is 4.44. The van der Waals surface area contributed by atoms with E-state index in [0.29, 0.717) is 0 Å². The Morgan fingerprint density at radius 2 is 1.88 bits per heavy atom. The number of ether oxygens (including phenoxy) is 1. The van der Waals surface area contributed by atoms with Crippen molar-refractivity contribution in [1.82, 2.24) is 0 Å². The molecule has 0 saturated carbocycles. The second-order valence-electron chi connectivity index (χ2n) is 3.12. The zero-order valence-corrected chi connectivity index (χ0v) is 8.67. The lowest BCUT2D eigenvalue weighted by atomic mass is 10.1. The number of nitrogens with two attached hydrogens (primary N) is 1. The second-order valence-corrected chi connectivity index (χ2v) is 3.12. The minimum Gasteiger partial charge on any atom is -0.465 e.